The molecule has 2 aromatic carbocycles. The third-order valence-electron chi connectivity index (χ3n) is 7.00. The highest BCUT2D eigenvalue weighted by molar-refractivity contribution is 5.95. The van der Waals surface area contributed by atoms with Gasteiger partial charge in [0.1, 0.15) is 5.82 Å². The Labute approximate surface area is 191 Å². The number of hydrogen-bond acceptors (Lipinski definition) is 3. The molecule has 0 atom stereocenters. The van der Waals surface area contributed by atoms with E-state index >= 15 is 0 Å². The van der Waals surface area contributed by atoms with Crippen LogP contribution in [0.4, 0.5) is 4.39 Å². The first-order valence-corrected chi connectivity index (χ1v) is 12.2. The van der Waals surface area contributed by atoms with Crippen molar-refractivity contribution in [3.05, 3.63) is 59.4 Å². The number of aryl methyl sites for hydroxylation is 1. The molecule has 0 unspecified atom stereocenters. The lowest BCUT2D eigenvalue weighted by molar-refractivity contribution is 0.0901. The summed E-state index contributed by atoms with van der Waals surface area (Å²) >= 11 is 0. The lowest BCUT2D eigenvalue weighted by Crippen LogP contribution is -2.47. The van der Waals surface area contributed by atoms with Crippen LogP contribution < -0.4 is 5.32 Å². The average Bonchev–Trinajstić information content (AvgIpc) is 2.83. The first-order chi connectivity index (χ1) is 15.6. The van der Waals surface area contributed by atoms with Crippen LogP contribution in [0.3, 0.4) is 0 Å². The number of amides is 1. The molecule has 0 aromatic heterocycles. The van der Waals surface area contributed by atoms with Crippen LogP contribution in [0.1, 0.15) is 54.4 Å². The van der Waals surface area contributed by atoms with Crippen LogP contribution >= 0.6 is 0 Å². The summed E-state index contributed by atoms with van der Waals surface area (Å²) in [5.74, 6) is -0.804. The molecular weight excluding hydrogens is 401 g/mol. The van der Waals surface area contributed by atoms with E-state index in [2.05, 4.69) is 15.1 Å². The van der Waals surface area contributed by atoms with Gasteiger partial charge in [-0.2, -0.15) is 0 Å². The van der Waals surface area contributed by atoms with Gasteiger partial charge in [0.15, 0.2) is 0 Å². The summed E-state index contributed by atoms with van der Waals surface area (Å²) in [5, 5.41) is 2.89. The molecule has 4 rings (SSSR count). The third kappa shape index (κ3) is 5.96. The Morgan fingerprint density at radius 3 is 2.34 bits per heavy atom. The lowest BCUT2D eigenvalue weighted by Gasteiger charge is -2.40. The monoisotopic (exact) mass is 437 g/mol. The molecule has 2 saturated heterocycles. The summed E-state index contributed by atoms with van der Waals surface area (Å²) in [6, 6.07) is 13.6. The summed E-state index contributed by atoms with van der Waals surface area (Å²) < 4.78 is 14.6. The zero-order valence-electron chi connectivity index (χ0n) is 19.3. The van der Waals surface area contributed by atoms with Gasteiger partial charge in [-0.3, -0.25) is 4.79 Å². The van der Waals surface area contributed by atoms with Gasteiger partial charge < -0.3 is 15.1 Å². The van der Waals surface area contributed by atoms with Gasteiger partial charge in [0.25, 0.3) is 5.91 Å². The fourth-order valence-corrected chi connectivity index (χ4v) is 5.02. The second-order valence-corrected chi connectivity index (χ2v) is 9.34. The standard InChI is InChI=1S/C27H36FN3O/c1-21-6-8-22(9-7-21)23-10-11-25(26(28)20-23)27(32)29-14-5-15-30-18-12-24(13-19-30)31-16-3-2-4-17-31/h6-11,20,24H,2-5,12-19H2,1H3,(H,29,32). The largest absolute Gasteiger partial charge is 0.352 e. The Balaban J connectivity index is 1.19. The zero-order chi connectivity index (χ0) is 22.3. The highest BCUT2D eigenvalue weighted by atomic mass is 19.1. The van der Waals surface area contributed by atoms with E-state index in [0.717, 1.165) is 48.8 Å². The van der Waals surface area contributed by atoms with Crippen molar-refractivity contribution in [2.75, 3.05) is 39.3 Å². The molecule has 1 N–H and O–H groups in total. The van der Waals surface area contributed by atoms with Gasteiger partial charge >= 0.3 is 0 Å². The van der Waals surface area contributed by atoms with E-state index in [1.54, 1.807) is 6.07 Å². The molecule has 0 radical (unpaired) electrons. The minimum Gasteiger partial charge on any atom is -0.352 e. The number of halogens is 1. The molecule has 4 nitrogen and oxygen atoms in total. The normalized spacial score (nSPS) is 18.6. The van der Waals surface area contributed by atoms with Crippen molar-refractivity contribution in [2.24, 2.45) is 0 Å². The van der Waals surface area contributed by atoms with Gasteiger partial charge in [-0.05, 0) is 95.0 Å². The van der Waals surface area contributed by atoms with E-state index in [1.807, 2.05) is 37.3 Å². The molecule has 0 bridgehead atoms. The van der Waals surface area contributed by atoms with Gasteiger partial charge in [-0.25, -0.2) is 4.39 Å². The predicted molar refractivity (Wildman–Crippen MR) is 128 cm³/mol. The highest BCUT2D eigenvalue weighted by Gasteiger charge is 2.25. The lowest BCUT2D eigenvalue weighted by atomic mass is 10.00. The molecule has 0 aliphatic carbocycles. The fraction of sp³-hybridized carbons (Fsp3) is 0.519. The van der Waals surface area contributed by atoms with Crippen LogP contribution in [0.15, 0.2) is 42.5 Å². The third-order valence-corrected chi connectivity index (χ3v) is 7.00. The quantitative estimate of drug-likeness (QED) is 0.628. The minimum absolute atomic E-state index is 0.114. The Morgan fingerprint density at radius 1 is 0.969 bits per heavy atom. The van der Waals surface area contributed by atoms with Crippen LogP contribution in [-0.2, 0) is 0 Å². The molecule has 2 heterocycles. The molecule has 0 spiro atoms. The van der Waals surface area contributed by atoms with Crippen molar-refractivity contribution in [3.63, 3.8) is 0 Å². The van der Waals surface area contributed by atoms with Gasteiger partial charge in [-0.15, -0.1) is 0 Å². The van der Waals surface area contributed by atoms with E-state index in [-0.39, 0.29) is 11.5 Å². The van der Waals surface area contributed by atoms with Crippen LogP contribution in [0.2, 0.25) is 0 Å². The Hall–Kier alpha value is -2.24. The van der Waals surface area contributed by atoms with Crippen molar-refractivity contribution in [2.45, 2.75) is 51.5 Å². The Bertz CT molecular complexity index is 884. The maximum absolute atomic E-state index is 14.6. The minimum atomic E-state index is -0.472. The summed E-state index contributed by atoms with van der Waals surface area (Å²) in [6.45, 7) is 8.42. The molecule has 2 aliphatic rings. The smallest absolute Gasteiger partial charge is 0.254 e. The fourth-order valence-electron chi connectivity index (χ4n) is 5.02. The van der Waals surface area contributed by atoms with Crippen LogP contribution in [0, 0.1) is 12.7 Å². The maximum Gasteiger partial charge on any atom is 0.254 e. The van der Waals surface area contributed by atoms with Crippen LogP contribution in [0.25, 0.3) is 11.1 Å². The highest BCUT2D eigenvalue weighted by Crippen LogP contribution is 2.23. The topological polar surface area (TPSA) is 35.6 Å². The first kappa shape index (κ1) is 22.9. The number of nitrogens with one attached hydrogen (secondary N) is 1. The summed E-state index contributed by atoms with van der Waals surface area (Å²) in [7, 11) is 0. The Morgan fingerprint density at radius 2 is 1.66 bits per heavy atom. The molecule has 32 heavy (non-hydrogen) atoms. The van der Waals surface area contributed by atoms with Crippen LogP contribution in [-0.4, -0.2) is 61.0 Å². The summed E-state index contributed by atoms with van der Waals surface area (Å²) in [5.41, 5.74) is 3.01. The SMILES string of the molecule is Cc1ccc(-c2ccc(C(=O)NCCCN3CCC(N4CCCCC4)CC3)c(F)c2)cc1. The number of rotatable bonds is 7. The number of benzene rings is 2. The van der Waals surface area contributed by atoms with Gasteiger partial charge in [0.2, 0.25) is 0 Å². The van der Waals surface area contributed by atoms with Crippen molar-refractivity contribution in [3.8, 4) is 11.1 Å². The molecule has 2 aromatic rings. The number of carbonyl (C=O) groups is 1. The van der Waals surface area contributed by atoms with Gasteiger partial charge in [-0.1, -0.05) is 42.3 Å². The maximum atomic E-state index is 14.6. The predicted octanol–water partition coefficient (Wildman–Crippen LogP) is 4.87. The molecular formula is C27H36FN3O. The molecule has 1 amide bonds. The second kappa shape index (κ2) is 11.1. The molecule has 2 aliphatic heterocycles. The van der Waals surface area contributed by atoms with Gasteiger partial charge in [0.05, 0.1) is 5.56 Å². The average molecular weight is 438 g/mol. The van der Waals surface area contributed by atoms with Gasteiger partial charge in [0, 0.05) is 12.6 Å². The molecule has 172 valence electrons. The van der Waals surface area contributed by atoms with E-state index in [4.69, 9.17) is 0 Å². The number of carbonyl (C=O) groups excluding carboxylic acids is 1. The van der Waals surface area contributed by atoms with Crippen molar-refractivity contribution < 1.29 is 9.18 Å². The van der Waals surface area contributed by atoms with Crippen molar-refractivity contribution in [1.29, 1.82) is 0 Å². The Kier molecular flexibility index (Phi) is 7.93. The first-order valence-electron chi connectivity index (χ1n) is 12.2. The molecule has 2 fully saturated rings. The van der Waals surface area contributed by atoms with E-state index in [0.29, 0.717) is 6.54 Å². The van der Waals surface area contributed by atoms with Crippen LogP contribution in [0.5, 0.6) is 0 Å². The molecule has 0 saturated carbocycles. The van der Waals surface area contributed by atoms with E-state index in [9.17, 15) is 9.18 Å². The van der Waals surface area contributed by atoms with Crippen molar-refractivity contribution >= 4 is 5.91 Å². The zero-order valence-corrected chi connectivity index (χ0v) is 19.3. The van der Waals surface area contributed by atoms with E-state index in [1.165, 1.54) is 51.3 Å². The summed E-state index contributed by atoms with van der Waals surface area (Å²) in [4.78, 5) is 17.7. The summed E-state index contributed by atoms with van der Waals surface area (Å²) in [6.07, 6.45) is 7.51. The van der Waals surface area contributed by atoms with Crippen molar-refractivity contribution in [1.82, 2.24) is 15.1 Å². The second-order valence-electron chi connectivity index (χ2n) is 9.34. The molecule has 5 heteroatoms. The van der Waals surface area contributed by atoms with E-state index < -0.39 is 5.82 Å². The number of likely N-dealkylation sites (tertiary alicyclic amines) is 2. The number of hydrogen-bond donors (Lipinski definition) is 1. The number of piperidine rings is 2. The number of nitrogens with zero attached hydrogens (tertiary/aromatic N) is 2.